The van der Waals surface area contributed by atoms with Crippen LogP contribution in [0.5, 0.6) is 0 Å². The first kappa shape index (κ1) is 13.2. The van der Waals surface area contributed by atoms with Crippen LogP contribution in [0.15, 0.2) is 36.4 Å². The molecular formula is C14H12Cl2FN. The maximum Gasteiger partial charge on any atom is 0.142 e. The van der Waals surface area contributed by atoms with Gasteiger partial charge in [0, 0.05) is 6.54 Å². The number of benzene rings is 2. The molecule has 0 spiro atoms. The second-order valence-electron chi connectivity index (χ2n) is 4.03. The predicted molar refractivity (Wildman–Crippen MR) is 74.9 cm³/mol. The Hall–Kier alpha value is -1.25. The third-order valence-electron chi connectivity index (χ3n) is 2.68. The molecule has 1 N–H and O–H groups in total. The van der Waals surface area contributed by atoms with Gasteiger partial charge in [-0.05, 0) is 36.2 Å². The van der Waals surface area contributed by atoms with Gasteiger partial charge < -0.3 is 5.32 Å². The van der Waals surface area contributed by atoms with Gasteiger partial charge in [0.1, 0.15) is 5.82 Å². The second kappa shape index (κ2) is 5.59. The fourth-order valence-corrected chi connectivity index (χ4v) is 2.10. The van der Waals surface area contributed by atoms with E-state index in [2.05, 4.69) is 5.32 Å². The molecule has 0 aromatic heterocycles. The summed E-state index contributed by atoms with van der Waals surface area (Å²) in [5.41, 5.74) is 2.74. The first-order valence-electron chi connectivity index (χ1n) is 5.51. The average molecular weight is 284 g/mol. The van der Waals surface area contributed by atoms with Crippen LogP contribution in [0.2, 0.25) is 10.0 Å². The number of halogens is 3. The molecule has 0 amide bonds. The molecule has 18 heavy (non-hydrogen) atoms. The van der Waals surface area contributed by atoms with Crippen molar-refractivity contribution in [2.75, 3.05) is 5.32 Å². The largest absolute Gasteiger partial charge is 0.380 e. The van der Waals surface area contributed by atoms with E-state index < -0.39 is 5.82 Å². The van der Waals surface area contributed by atoms with Gasteiger partial charge in [-0.3, -0.25) is 0 Å². The Kier molecular flexibility index (Phi) is 4.10. The first-order valence-corrected chi connectivity index (χ1v) is 6.26. The molecule has 0 heterocycles. The fourth-order valence-electron chi connectivity index (χ4n) is 1.70. The Morgan fingerprint density at radius 3 is 2.56 bits per heavy atom. The summed E-state index contributed by atoms with van der Waals surface area (Å²) in [6, 6.07) is 10.4. The summed E-state index contributed by atoms with van der Waals surface area (Å²) in [5, 5.41) is 3.99. The van der Waals surface area contributed by atoms with Gasteiger partial charge in [-0.1, -0.05) is 41.4 Å². The number of hydrogen-bond acceptors (Lipinski definition) is 1. The molecule has 0 unspecified atom stereocenters. The third-order valence-corrected chi connectivity index (χ3v) is 3.30. The molecule has 0 fully saturated rings. The molecule has 4 heteroatoms. The molecule has 2 aromatic carbocycles. The quantitative estimate of drug-likeness (QED) is 0.831. The van der Waals surface area contributed by atoms with Crippen molar-refractivity contribution in [3.8, 4) is 0 Å². The molecule has 0 saturated carbocycles. The molecule has 0 saturated heterocycles. The maximum atomic E-state index is 13.3. The van der Waals surface area contributed by atoms with Crippen LogP contribution in [-0.2, 0) is 6.54 Å². The van der Waals surface area contributed by atoms with Crippen molar-refractivity contribution in [1.82, 2.24) is 0 Å². The summed E-state index contributed by atoms with van der Waals surface area (Å²) < 4.78 is 13.3. The van der Waals surface area contributed by atoms with Gasteiger partial charge in [-0.15, -0.1) is 0 Å². The summed E-state index contributed by atoms with van der Waals surface area (Å²) in [4.78, 5) is 0. The van der Waals surface area contributed by atoms with Gasteiger partial charge in [0.2, 0.25) is 0 Å². The zero-order chi connectivity index (χ0) is 13.1. The van der Waals surface area contributed by atoms with Gasteiger partial charge in [0.15, 0.2) is 0 Å². The van der Waals surface area contributed by atoms with E-state index >= 15 is 0 Å². The van der Waals surface area contributed by atoms with E-state index in [0.717, 1.165) is 16.8 Å². The van der Waals surface area contributed by atoms with Gasteiger partial charge in [-0.2, -0.15) is 0 Å². The molecule has 0 radical (unpaired) electrons. The minimum absolute atomic E-state index is 0.132. The third kappa shape index (κ3) is 2.95. The zero-order valence-electron chi connectivity index (χ0n) is 9.81. The number of anilines is 1. The standard InChI is InChI=1S/C14H12Cl2FN/c1-9-3-2-4-12(16)14(9)18-8-10-5-6-11(15)13(17)7-10/h2-7,18H,8H2,1H3. The SMILES string of the molecule is Cc1cccc(Cl)c1NCc1ccc(Cl)c(F)c1. The van der Waals surface area contributed by atoms with E-state index in [4.69, 9.17) is 23.2 Å². The summed E-state index contributed by atoms with van der Waals surface area (Å²) in [6.07, 6.45) is 0. The zero-order valence-corrected chi connectivity index (χ0v) is 11.3. The van der Waals surface area contributed by atoms with E-state index in [-0.39, 0.29) is 5.02 Å². The van der Waals surface area contributed by atoms with Gasteiger partial charge in [-0.25, -0.2) is 4.39 Å². The Morgan fingerprint density at radius 1 is 1.11 bits per heavy atom. The van der Waals surface area contributed by atoms with Crippen LogP contribution in [0.1, 0.15) is 11.1 Å². The van der Waals surface area contributed by atoms with Crippen LogP contribution in [-0.4, -0.2) is 0 Å². The highest BCUT2D eigenvalue weighted by molar-refractivity contribution is 6.33. The lowest BCUT2D eigenvalue weighted by Gasteiger charge is -2.11. The van der Waals surface area contributed by atoms with Crippen molar-refractivity contribution < 1.29 is 4.39 Å². The predicted octanol–water partition coefficient (Wildman–Crippen LogP) is 5.05. The molecule has 0 atom stereocenters. The van der Waals surface area contributed by atoms with Crippen molar-refractivity contribution in [3.63, 3.8) is 0 Å². The molecule has 0 bridgehead atoms. The van der Waals surface area contributed by atoms with E-state index in [9.17, 15) is 4.39 Å². The molecule has 2 aromatic rings. The smallest absolute Gasteiger partial charge is 0.142 e. The van der Waals surface area contributed by atoms with Crippen molar-refractivity contribution >= 4 is 28.9 Å². The summed E-state index contributed by atoms with van der Waals surface area (Å²) >= 11 is 11.7. The molecular weight excluding hydrogens is 272 g/mol. The molecule has 0 aliphatic rings. The van der Waals surface area contributed by atoms with Crippen LogP contribution in [0.25, 0.3) is 0 Å². The number of para-hydroxylation sites is 1. The molecule has 2 rings (SSSR count). The topological polar surface area (TPSA) is 12.0 Å². The molecule has 0 aliphatic carbocycles. The van der Waals surface area contributed by atoms with Crippen LogP contribution in [0.3, 0.4) is 0 Å². The molecule has 0 aliphatic heterocycles. The Labute approximate surface area is 116 Å². The van der Waals surface area contributed by atoms with Crippen molar-refractivity contribution in [2.24, 2.45) is 0 Å². The minimum atomic E-state index is -0.410. The van der Waals surface area contributed by atoms with Crippen LogP contribution >= 0.6 is 23.2 Å². The molecule has 94 valence electrons. The first-order chi connectivity index (χ1) is 8.58. The Morgan fingerprint density at radius 2 is 1.89 bits per heavy atom. The maximum absolute atomic E-state index is 13.3. The van der Waals surface area contributed by atoms with E-state index in [0.29, 0.717) is 11.6 Å². The second-order valence-corrected chi connectivity index (χ2v) is 4.85. The van der Waals surface area contributed by atoms with Crippen molar-refractivity contribution in [3.05, 3.63) is 63.4 Å². The van der Waals surface area contributed by atoms with E-state index in [1.165, 1.54) is 6.07 Å². The molecule has 1 nitrogen and oxygen atoms in total. The number of aryl methyl sites for hydroxylation is 1. The fraction of sp³-hybridized carbons (Fsp3) is 0.143. The monoisotopic (exact) mass is 283 g/mol. The summed E-state index contributed by atoms with van der Waals surface area (Å²) in [6.45, 7) is 2.47. The van der Waals surface area contributed by atoms with Crippen molar-refractivity contribution in [2.45, 2.75) is 13.5 Å². The van der Waals surface area contributed by atoms with Crippen LogP contribution < -0.4 is 5.32 Å². The highest BCUT2D eigenvalue weighted by Crippen LogP contribution is 2.26. The lowest BCUT2D eigenvalue weighted by atomic mass is 10.1. The Bertz CT molecular complexity index is 549. The number of nitrogens with one attached hydrogen (secondary N) is 1. The normalized spacial score (nSPS) is 10.4. The lowest BCUT2D eigenvalue weighted by molar-refractivity contribution is 0.626. The highest BCUT2D eigenvalue weighted by Gasteiger charge is 2.04. The number of rotatable bonds is 3. The van der Waals surface area contributed by atoms with E-state index in [1.807, 2.05) is 25.1 Å². The summed E-state index contributed by atoms with van der Waals surface area (Å²) in [7, 11) is 0. The van der Waals surface area contributed by atoms with Crippen LogP contribution in [0.4, 0.5) is 10.1 Å². The average Bonchev–Trinajstić information content (AvgIpc) is 2.33. The number of hydrogen-bond donors (Lipinski definition) is 1. The van der Waals surface area contributed by atoms with Gasteiger partial charge in [0.25, 0.3) is 0 Å². The van der Waals surface area contributed by atoms with Crippen molar-refractivity contribution in [1.29, 1.82) is 0 Å². The van der Waals surface area contributed by atoms with Gasteiger partial charge >= 0.3 is 0 Å². The lowest BCUT2D eigenvalue weighted by Crippen LogP contribution is -2.02. The van der Waals surface area contributed by atoms with Crippen LogP contribution in [0, 0.1) is 12.7 Å². The minimum Gasteiger partial charge on any atom is -0.380 e. The summed E-state index contributed by atoms with van der Waals surface area (Å²) in [5.74, 6) is -0.410. The van der Waals surface area contributed by atoms with E-state index in [1.54, 1.807) is 12.1 Å². The highest BCUT2D eigenvalue weighted by atomic mass is 35.5. The Balaban J connectivity index is 2.14. The van der Waals surface area contributed by atoms with Gasteiger partial charge in [0.05, 0.1) is 15.7 Å².